The molecular weight excluding hydrogens is 377 g/mol. The van der Waals surface area contributed by atoms with E-state index in [1.807, 2.05) is 0 Å². The fourth-order valence-corrected chi connectivity index (χ4v) is 2.81. The average Bonchev–Trinajstić information content (AvgIpc) is 2.58. The van der Waals surface area contributed by atoms with E-state index in [9.17, 15) is 9.59 Å². The quantitative estimate of drug-likeness (QED) is 0.670. The molecule has 1 unspecified atom stereocenters. The first-order valence-corrected chi connectivity index (χ1v) is 8.63. The van der Waals surface area contributed by atoms with Crippen molar-refractivity contribution in [2.24, 2.45) is 0 Å². The summed E-state index contributed by atoms with van der Waals surface area (Å²) in [5.41, 5.74) is 1.00. The monoisotopic (exact) mass is 396 g/mol. The molecule has 8 heteroatoms. The summed E-state index contributed by atoms with van der Waals surface area (Å²) >= 11 is 12.1. The summed E-state index contributed by atoms with van der Waals surface area (Å²) in [6, 6.07) is 12.0. The third-order valence-electron chi connectivity index (χ3n) is 3.51. The minimum atomic E-state index is -0.285. The van der Waals surface area contributed by atoms with E-state index in [1.165, 1.54) is 0 Å². The molecule has 26 heavy (non-hydrogen) atoms. The van der Waals surface area contributed by atoms with Crippen LogP contribution in [0.25, 0.3) is 0 Å². The highest BCUT2D eigenvalue weighted by atomic mass is 35.5. The van der Waals surface area contributed by atoms with Gasteiger partial charge in [-0.05, 0) is 24.3 Å². The molecule has 0 heterocycles. The number of rotatable bonds is 7. The Hall–Kier alpha value is -2.28. The van der Waals surface area contributed by atoms with E-state index in [4.69, 9.17) is 27.9 Å². The van der Waals surface area contributed by atoms with Crippen molar-refractivity contribution in [2.45, 2.75) is 0 Å². The highest BCUT2D eigenvalue weighted by molar-refractivity contribution is 6.39. The number of quaternary nitrogens is 1. The van der Waals surface area contributed by atoms with Crippen molar-refractivity contribution in [3.8, 4) is 5.75 Å². The number of carbonyl (C=O) groups is 2. The lowest BCUT2D eigenvalue weighted by Gasteiger charge is -2.15. The predicted molar refractivity (Wildman–Crippen MR) is 103 cm³/mol. The Labute approximate surface area is 162 Å². The second-order valence-electron chi connectivity index (χ2n) is 5.74. The zero-order chi connectivity index (χ0) is 19.1. The Kier molecular flexibility index (Phi) is 7.26. The average molecular weight is 397 g/mol. The Bertz CT molecular complexity index is 779. The molecule has 138 valence electrons. The maximum atomic E-state index is 12.2. The smallest absolute Gasteiger partial charge is 0.279 e. The van der Waals surface area contributed by atoms with Crippen LogP contribution in [0.4, 0.5) is 11.4 Å². The minimum absolute atomic E-state index is 0.0904. The first-order chi connectivity index (χ1) is 12.4. The maximum absolute atomic E-state index is 12.2. The number of nitrogens with one attached hydrogen (secondary N) is 3. The van der Waals surface area contributed by atoms with Crippen molar-refractivity contribution in [3.63, 3.8) is 0 Å². The molecule has 1 atom stereocenters. The molecule has 2 aromatic carbocycles. The van der Waals surface area contributed by atoms with Gasteiger partial charge in [0.25, 0.3) is 11.8 Å². The van der Waals surface area contributed by atoms with Gasteiger partial charge in [0.05, 0.1) is 29.9 Å². The van der Waals surface area contributed by atoms with Crippen LogP contribution in [0.1, 0.15) is 0 Å². The van der Waals surface area contributed by atoms with Crippen LogP contribution in [-0.4, -0.2) is 39.1 Å². The molecule has 0 aliphatic heterocycles. The molecule has 2 aromatic rings. The number of amides is 2. The molecule has 0 spiro atoms. The van der Waals surface area contributed by atoms with Crippen molar-refractivity contribution < 1.29 is 19.2 Å². The summed E-state index contributed by atoms with van der Waals surface area (Å²) in [7, 11) is 3.31. The molecule has 0 fully saturated rings. The third kappa shape index (κ3) is 5.91. The number of likely N-dealkylation sites (N-methyl/N-ethyl adjacent to an activating group) is 1. The Morgan fingerprint density at radius 2 is 1.58 bits per heavy atom. The van der Waals surface area contributed by atoms with Gasteiger partial charge in [-0.2, -0.15) is 0 Å². The Balaban J connectivity index is 1.86. The number of hydrogen-bond donors (Lipinski definition) is 3. The van der Waals surface area contributed by atoms with Crippen molar-refractivity contribution in [3.05, 3.63) is 52.5 Å². The summed E-state index contributed by atoms with van der Waals surface area (Å²) in [4.78, 5) is 25.0. The summed E-state index contributed by atoms with van der Waals surface area (Å²) in [6.07, 6.45) is 0. The first-order valence-electron chi connectivity index (χ1n) is 7.88. The number of anilines is 2. The van der Waals surface area contributed by atoms with Gasteiger partial charge in [0.15, 0.2) is 13.1 Å². The SMILES string of the molecule is COc1cccc(NC(=O)C[NH+](C)CC(=O)Nc2c(Cl)cccc2Cl)c1. The van der Waals surface area contributed by atoms with Crippen molar-refractivity contribution in [1.82, 2.24) is 0 Å². The number of benzene rings is 2. The normalized spacial score (nSPS) is 11.5. The van der Waals surface area contributed by atoms with Crippen LogP contribution < -0.4 is 20.3 Å². The summed E-state index contributed by atoms with van der Waals surface area (Å²) in [5.74, 6) is 0.158. The van der Waals surface area contributed by atoms with Crippen molar-refractivity contribution in [2.75, 3.05) is 37.9 Å². The topological polar surface area (TPSA) is 71.9 Å². The molecule has 3 N–H and O–H groups in total. The summed E-state index contributed by atoms with van der Waals surface area (Å²) in [5, 5.41) is 6.17. The number of carbonyl (C=O) groups excluding carboxylic acids is 2. The van der Waals surface area contributed by atoms with E-state index >= 15 is 0 Å². The molecular formula is C18H20Cl2N3O3+. The molecule has 0 saturated heterocycles. The number of methoxy groups -OCH3 is 1. The first kappa shape index (κ1) is 20.0. The van der Waals surface area contributed by atoms with Crippen LogP contribution >= 0.6 is 23.2 Å². The van der Waals surface area contributed by atoms with Crippen LogP contribution in [0, 0.1) is 0 Å². The zero-order valence-corrected chi connectivity index (χ0v) is 15.9. The van der Waals surface area contributed by atoms with E-state index in [0.717, 1.165) is 0 Å². The van der Waals surface area contributed by atoms with Gasteiger partial charge in [-0.1, -0.05) is 35.3 Å². The Morgan fingerprint density at radius 1 is 1.00 bits per heavy atom. The van der Waals surface area contributed by atoms with Gasteiger partial charge in [-0.3, -0.25) is 9.59 Å². The number of hydrogen-bond acceptors (Lipinski definition) is 3. The van der Waals surface area contributed by atoms with E-state index in [-0.39, 0.29) is 24.9 Å². The van der Waals surface area contributed by atoms with Crippen molar-refractivity contribution in [1.29, 1.82) is 0 Å². The lowest BCUT2D eigenvalue weighted by molar-refractivity contribution is -0.862. The third-order valence-corrected chi connectivity index (χ3v) is 4.14. The molecule has 0 radical (unpaired) electrons. The van der Waals surface area contributed by atoms with E-state index in [2.05, 4.69) is 10.6 Å². The molecule has 6 nitrogen and oxygen atoms in total. The number of para-hydroxylation sites is 1. The van der Waals surface area contributed by atoms with Gasteiger partial charge in [-0.15, -0.1) is 0 Å². The maximum Gasteiger partial charge on any atom is 0.279 e. The van der Waals surface area contributed by atoms with E-state index < -0.39 is 0 Å². The van der Waals surface area contributed by atoms with Crippen LogP contribution in [-0.2, 0) is 9.59 Å². The highest BCUT2D eigenvalue weighted by Crippen LogP contribution is 2.29. The largest absolute Gasteiger partial charge is 0.497 e. The van der Waals surface area contributed by atoms with Gasteiger partial charge < -0.3 is 20.3 Å². The van der Waals surface area contributed by atoms with Gasteiger partial charge >= 0.3 is 0 Å². The van der Waals surface area contributed by atoms with Gasteiger partial charge in [0.1, 0.15) is 5.75 Å². The number of halogens is 2. The Morgan fingerprint density at radius 3 is 2.19 bits per heavy atom. The van der Waals surface area contributed by atoms with Crippen LogP contribution in [0.15, 0.2) is 42.5 Å². The molecule has 0 aliphatic rings. The predicted octanol–water partition coefficient (Wildman–Crippen LogP) is 2.09. The van der Waals surface area contributed by atoms with Crippen LogP contribution in [0.2, 0.25) is 10.0 Å². The molecule has 2 rings (SSSR count). The molecule has 2 amide bonds. The fraction of sp³-hybridized carbons (Fsp3) is 0.222. The van der Waals surface area contributed by atoms with E-state index in [0.29, 0.717) is 32.1 Å². The summed E-state index contributed by atoms with van der Waals surface area (Å²) < 4.78 is 5.12. The highest BCUT2D eigenvalue weighted by Gasteiger charge is 2.16. The van der Waals surface area contributed by atoms with Gasteiger partial charge in [0, 0.05) is 11.8 Å². The standard InChI is InChI=1S/C18H19Cl2N3O3/c1-23(10-16(24)21-12-5-3-6-13(9-12)26-2)11-17(25)22-18-14(19)7-4-8-15(18)20/h3-9H,10-11H2,1-2H3,(H,21,24)(H,22,25)/p+1. The van der Waals surface area contributed by atoms with E-state index in [1.54, 1.807) is 56.6 Å². The lowest BCUT2D eigenvalue weighted by Crippen LogP contribution is -3.11. The second-order valence-corrected chi connectivity index (χ2v) is 6.55. The fourth-order valence-electron chi connectivity index (χ4n) is 2.32. The molecule has 0 aliphatic carbocycles. The van der Waals surface area contributed by atoms with Crippen LogP contribution in [0.5, 0.6) is 5.75 Å². The van der Waals surface area contributed by atoms with Gasteiger partial charge in [0.2, 0.25) is 0 Å². The second kappa shape index (κ2) is 9.43. The molecule has 0 bridgehead atoms. The lowest BCUT2D eigenvalue weighted by atomic mass is 10.3. The van der Waals surface area contributed by atoms with Gasteiger partial charge in [-0.25, -0.2) is 0 Å². The summed E-state index contributed by atoms with van der Waals surface area (Å²) in [6.45, 7) is 0.216. The zero-order valence-electron chi connectivity index (χ0n) is 14.4. The van der Waals surface area contributed by atoms with Crippen LogP contribution in [0.3, 0.4) is 0 Å². The minimum Gasteiger partial charge on any atom is -0.497 e. The van der Waals surface area contributed by atoms with Crippen molar-refractivity contribution >= 4 is 46.4 Å². The number of ether oxygens (including phenoxy) is 1. The molecule has 0 saturated carbocycles. The molecule has 0 aromatic heterocycles.